The van der Waals surface area contributed by atoms with Gasteiger partial charge in [0, 0.05) is 5.92 Å². The summed E-state index contributed by atoms with van der Waals surface area (Å²) < 4.78 is 0. The largest absolute Gasteiger partial charge is 0.300 e. The number of nitrogens with zero attached hydrogens (tertiary/aromatic N) is 4. The van der Waals surface area contributed by atoms with Gasteiger partial charge in [-0.15, -0.1) is 20.4 Å². The highest BCUT2D eigenvalue weighted by Gasteiger charge is 2.20. The third-order valence-electron chi connectivity index (χ3n) is 6.47. The number of aromatic nitrogens is 4. The highest BCUT2D eigenvalue weighted by atomic mass is 32.1. The Balaban J connectivity index is 0.000000186. The molecule has 1 aliphatic rings. The van der Waals surface area contributed by atoms with Crippen molar-refractivity contribution in [1.29, 1.82) is 0 Å². The Morgan fingerprint density at radius 1 is 0.789 bits per heavy atom. The lowest BCUT2D eigenvalue weighted by Gasteiger charge is -2.18. The van der Waals surface area contributed by atoms with Gasteiger partial charge in [-0.1, -0.05) is 90.5 Å². The molecule has 0 spiro atoms. The molecule has 10 heteroatoms. The summed E-state index contributed by atoms with van der Waals surface area (Å²) in [4.78, 5) is 23.8. The maximum Gasteiger partial charge on any atom is 0.230 e. The molecule has 0 atom stereocenters. The summed E-state index contributed by atoms with van der Waals surface area (Å²) in [6.45, 7) is 4.02. The molecule has 4 aromatic rings. The minimum Gasteiger partial charge on any atom is -0.300 e. The van der Waals surface area contributed by atoms with Crippen molar-refractivity contribution in [2.75, 3.05) is 10.6 Å². The average molecular weight is 549 g/mol. The first-order valence-corrected chi connectivity index (χ1v) is 14.5. The molecule has 2 aromatic carbocycles. The standard InChI is InChI=1S/C17H21N3OS.C11H11N3OS/c1-12-7-5-6-10-14(12)11-15(21)18-17-20-19-16(22-17)13-8-3-2-4-9-13;1-8-4-2-3-5-9(8)6-10(15)13-11-14-12-7-16-11/h5-7,10,13H,2-4,8-9,11H2,1H3,(H,18,20,21);2-5,7H,6H2,1H3,(H,13,14,15). The van der Waals surface area contributed by atoms with Crippen LogP contribution in [0.5, 0.6) is 0 Å². The Morgan fingerprint density at radius 2 is 1.37 bits per heavy atom. The van der Waals surface area contributed by atoms with Gasteiger partial charge in [-0.25, -0.2) is 0 Å². The minimum absolute atomic E-state index is 0.0272. The molecule has 0 saturated heterocycles. The predicted molar refractivity (Wildman–Crippen MR) is 153 cm³/mol. The van der Waals surface area contributed by atoms with Crippen molar-refractivity contribution in [3.63, 3.8) is 0 Å². The van der Waals surface area contributed by atoms with Gasteiger partial charge in [0.25, 0.3) is 0 Å². The number of benzene rings is 2. The molecule has 8 nitrogen and oxygen atoms in total. The van der Waals surface area contributed by atoms with Crippen LogP contribution in [0.25, 0.3) is 0 Å². The molecular weight excluding hydrogens is 516 g/mol. The number of carbonyl (C=O) groups excluding carboxylic acids is 2. The molecule has 2 heterocycles. The smallest absolute Gasteiger partial charge is 0.230 e. The van der Waals surface area contributed by atoms with Crippen LogP contribution in [0.2, 0.25) is 0 Å². The third-order valence-corrected chi connectivity index (χ3v) is 8.08. The van der Waals surface area contributed by atoms with Gasteiger partial charge in [0.05, 0.1) is 12.8 Å². The SMILES string of the molecule is Cc1ccccc1CC(=O)Nc1nnc(C2CCCCC2)s1.Cc1ccccc1CC(=O)Nc1nncs1. The van der Waals surface area contributed by atoms with E-state index in [-0.39, 0.29) is 11.8 Å². The number of carbonyl (C=O) groups is 2. The van der Waals surface area contributed by atoms with E-state index in [2.05, 4.69) is 31.0 Å². The van der Waals surface area contributed by atoms with Crippen LogP contribution < -0.4 is 10.6 Å². The van der Waals surface area contributed by atoms with Crippen LogP contribution in [0.1, 0.15) is 65.3 Å². The number of nitrogens with one attached hydrogen (secondary N) is 2. The van der Waals surface area contributed by atoms with Gasteiger partial charge in [-0.05, 0) is 48.9 Å². The van der Waals surface area contributed by atoms with E-state index in [1.165, 1.54) is 54.8 Å². The number of rotatable bonds is 7. The van der Waals surface area contributed by atoms with Crippen molar-refractivity contribution < 1.29 is 9.59 Å². The van der Waals surface area contributed by atoms with Crippen LogP contribution in [-0.2, 0) is 22.4 Å². The van der Waals surface area contributed by atoms with E-state index in [0.29, 0.717) is 29.0 Å². The summed E-state index contributed by atoms with van der Waals surface area (Å²) in [6, 6.07) is 15.8. The van der Waals surface area contributed by atoms with Crippen molar-refractivity contribution in [1.82, 2.24) is 20.4 Å². The van der Waals surface area contributed by atoms with Gasteiger partial charge < -0.3 is 10.6 Å². The molecule has 2 aromatic heterocycles. The molecule has 5 rings (SSSR count). The fourth-order valence-corrected chi connectivity index (χ4v) is 5.71. The van der Waals surface area contributed by atoms with Gasteiger partial charge in [0.1, 0.15) is 10.5 Å². The average Bonchev–Trinajstić information content (AvgIpc) is 3.60. The number of hydrogen-bond donors (Lipinski definition) is 2. The maximum atomic E-state index is 12.1. The van der Waals surface area contributed by atoms with Crippen LogP contribution in [0.4, 0.5) is 10.3 Å². The first-order chi connectivity index (χ1) is 18.5. The minimum atomic E-state index is -0.0638. The first kappa shape index (κ1) is 27.5. The van der Waals surface area contributed by atoms with Gasteiger partial charge in [-0.3, -0.25) is 9.59 Å². The Kier molecular flexibility index (Phi) is 10.1. The lowest BCUT2D eigenvalue weighted by atomic mass is 9.90. The second-order valence-corrected chi connectivity index (χ2v) is 11.2. The summed E-state index contributed by atoms with van der Waals surface area (Å²) in [6.07, 6.45) is 7.03. The van der Waals surface area contributed by atoms with Gasteiger partial charge in [0.2, 0.25) is 22.1 Å². The van der Waals surface area contributed by atoms with E-state index in [0.717, 1.165) is 27.3 Å². The zero-order valence-corrected chi connectivity index (χ0v) is 23.3. The molecule has 0 radical (unpaired) electrons. The van der Waals surface area contributed by atoms with E-state index < -0.39 is 0 Å². The summed E-state index contributed by atoms with van der Waals surface area (Å²) in [5.41, 5.74) is 5.93. The van der Waals surface area contributed by atoms with Gasteiger partial charge >= 0.3 is 0 Å². The van der Waals surface area contributed by atoms with Crippen LogP contribution in [-0.4, -0.2) is 32.2 Å². The molecule has 0 bridgehead atoms. The summed E-state index contributed by atoms with van der Waals surface area (Å²) >= 11 is 2.84. The normalized spacial score (nSPS) is 13.3. The number of hydrogen-bond acceptors (Lipinski definition) is 8. The third kappa shape index (κ3) is 8.26. The van der Waals surface area contributed by atoms with Crippen molar-refractivity contribution >= 4 is 44.8 Å². The zero-order chi connectivity index (χ0) is 26.7. The summed E-state index contributed by atoms with van der Waals surface area (Å²) in [5, 5.41) is 23.6. The fourth-order valence-electron chi connectivity index (χ4n) is 4.32. The molecule has 38 heavy (non-hydrogen) atoms. The van der Waals surface area contributed by atoms with Crippen molar-refractivity contribution in [2.24, 2.45) is 0 Å². The monoisotopic (exact) mass is 548 g/mol. The molecule has 1 fully saturated rings. The lowest BCUT2D eigenvalue weighted by Crippen LogP contribution is -2.14. The van der Waals surface area contributed by atoms with Crippen molar-refractivity contribution in [2.45, 2.75) is 64.7 Å². The van der Waals surface area contributed by atoms with Crippen LogP contribution in [0.15, 0.2) is 54.0 Å². The molecule has 1 saturated carbocycles. The fraction of sp³-hybridized carbons (Fsp3) is 0.357. The molecule has 0 aliphatic heterocycles. The van der Waals surface area contributed by atoms with E-state index in [4.69, 9.17) is 0 Å². The van der Waals surface area contributed by atoms with E-state index in [9.17, 15) is 9.59 Å². The van der Waals surface area contributed by atoms with Gasteiger partial charge in [-0.2, -0.15) is 0 Å². The number of anilines is 2. The lowest BCUT2D eigenvalue weighted by molar-refractivity contribution is -0.116. The van der Waals surface area contributed by atoms with Crippen LogP contribution in [0.3, 0.4) is 0 Å². The van der Waals surface area contributed by atoms with E-state index in [1.54, 1.807) is 5.51 Å². The Bertz CT molecular complexity index is 1330. The zero-order valence-electron chi connectivity index (χ0n) is 21.6. The predicted octanol–water partition coefficient (Wildman–Crippen LogP) is 6.10. The second kappa shape index (κ2) is 13.9. The highest BCUT2D eigenvalue weighted by Crippen LogP contribution is 2.35. The second-order valence-electron chi connectivity index (χ2n) is 9.33. The first-order valence-electron chi connectivity index (χ1n) is 12.8. The summed E-state index contributed by atoms with van der Waals surface area (Å²) in [5.74, 6) is 0.444. The van der Waals surface area contributed by atoms with E-state index in [1.807, 2.05) is 62.4 Å². The van der Waals surface area contributed by atoms with E-state index >= 15 is 0 Å². The highest BCUT2D eigenvalue weighted by molar-refractivity contribution is 7.15. The van der Waals surface area contributed by atoms with Crippen molar-refractivity contribution in [3.8, 4) is 0 Å². The number of amides is 2. The molecule has 1 aliphatic carbocycles. The summed E-state index contributed by atoms with van der Waals surface area (Å²) in [7, 11) is 0. The molecule has 0 unspecified atom stereocenters. The molecule has 198 valence electrons. The number of aryl methyl sites for hydroxylation is 2. The Morgan fingerprint density at radius 3 is 1.92 bits per heavy atom. The molecular formula is C28H32N6O2S2. The molecule has 2 amide bonds. The topological polar surface area (TPSA) is 110 Å². The van der Waals surface area contributed by atoms with Crippen LogP contribution in [0, 0.1) is 13.8 Å². The Hall–Kier alpha value is -3.50. The van der Waals surface area contributed by atoms with Gasteiger partial charge in [0.15, 0.2) is 0 Å². The molecule has 2 N–H and O–H groups in total. The quantitative estimate of drug-likeness (QED) is 0.289. The van der Waals surface area contributed by atoms with Crippen molar-refractivity contribution in [3.05, 3.63) is 81.3 Å². The Labute approximate surface area is 231 Å². The van der Waals surface area contributed by atoms with Crippen LogP contribution >= 0.6 is 22.7 Å². The maximum absolute atomic E-state index is 12.1.